The standard InChI is InChI=1S/C28H26N4O4S2/c33-22(15-37-28-29-26(34)23-18-8-1-2-11-21(18)38-27(23)30-28)32-25(20-10-5-13-36-20)19-9-3-6-16(24(19)31-32)14-17-7-4-12-35-17/h4-5,7,10,12-14,25,31H,1-3,6,8-9,11,15H2,(H,29,30,34)/b16-14+/t25-/m1/s1. The zero-order valence-electron chi connectivity index (χ0n) is 20.6. The molecule has 0 spiro atoms. The Hall–Kier alpha value is -3.50. The molecule has 4 aromatic heterocycles. The monoisotopic (exact) mass is 546 g/mol. The summed E-state index contributed by atoms with van der Waals surface area (Å²) in [6.45, 7) is 0. The van der Waals surface area contributed by atoms with Crippen LogP contribution in [0.2, 0.25) is 0 Å². The molecule has 0 saturated carbocycles. The molecule has 5 heterocycles. The molecule has 1 aliphatic heterocycles. The van der Waals surface area contributed by atoms with E-state index in [-0.39, 0.29) is 23.3 Å². The number of nitrogens with zero attached hydrogens (tertiary/aromatic N) is 2. The van der Waals surface area contributed by atoms with Crippen LogP contribution < -0.4 is 11.0 Å². The Balaban J connectivity index is 1.15. The highest BCUT2D eigenvalue weighted by atomic mass is 32.2. The quantitative estimate of drug-likeness (QED) is 0.243. The van der Waals surface area contributed by atoms with Gasteiger partial charge in [0, 0.05) is 4.88 Å². The van der Waals surface area contributed by atoms with Crippen LogP contribution in [0.3, 0.4) is 0 Å². The number of thiophene rings is 1. The fourth-order valence-electron chi connectivity index (χ4n) is 5.74. The summed E-state index contributed by atoms with van der Waals surface area (Å²) in [5.41, 5.74) is 7.66. The predicted molar refractivity (Wildman–Crippen MR) is 147 cm³/mol. The number of nitrogens with one attached hydrogen (secondary N) is 2. The smallest absolute Gasteiger partial charge is 0.260 e. The van der Waals surface area contributed by atoms with E-state index in [0.717, 1.165) is 89.1 Å². The lowest BCUT2D eigenvalue weighted by molar-refractivity contribution is -0.132. The topological polar surface area (TPSA) is 104 Å². The molecule has 0 saturated heterocycles. The van der Waals surface area contributed by atoms with E-state index in [4.69, 9.17) is 13.8 Å². The summed E-state index contributed by atoms with van der Waals surface area (Å²) < 4.78 is 11.3. The average molecular weight is 547 g/mol. The summed E-state index contributed by atoms with van der Waals surface area (Å²) in [5.74, 6) is 1.52. The van der Waals surface area contributed by atoms with Gasteiger partial charge in [-0.1, -0.05) is 11.8 Å². The van der Waals surface area contributed by atoms with E-state index in [9.17, 15) is 9.59 Å². The zero-order chi connectivity index (χ0) is 25.6. The van der Waals surface area contributed by atoms with Crippen LogP contribution in [0.25, 0.3) is 16.3 Å². The largest absolute Gasteiger partial charge is 0.467 e. The number of furan rings is 2. The van der Waals surface area contributed by atoms with E-state index >= 15 is 0 Å². The molecule has 8 nitrogen and oxygen atoms in total. The molecule has 10 heteroatoms. The second-order valence-corrected chi connectivity index (χ2v) is 11.8. The molecule has 7 rings (SSSR count). The van der Waals surface area contributed by atoms with Gasteiger partial charge in [-0.3, -0.25) is 15.0 Å². The Kier molecular flexibility index (Phi) is 6.01. The summed E-state index contributed by atoms with van der Waals surface area (Å²) in [6, 6.07) is 7.22. The summed E-state index contributed by atoms with van der Waals surface area (Å²) in [6.07, 6.45) is 12.3. The number of amides is 1. The Morgan fingerprint density at radius 2 is 2.00 bits per heavy atom. The summed E-state index contributed by atoms with van der Waals surface area (Å²) in [7, 11) is 0. The van der Waals surface area contributed by atoms with Crippen molar-refractivity contribution in [2.75, 3.05) is 5.75 Å². The van der Waals surface area contributed by atoms with Crippen LogP contribution >= 0.6 is 23.1 Å². The number of hydrogen-bond donors (Lipinski definition) is 2. The number of rotatable bonds is 5. The number of carbonyl (C=O) groups is 1. The van der Waals surface area contributed by atoms with E-state index < -0.39 is 0 Å². The molecule has 0 aromatic carbocycles. The van der Waals surface area contributed by atoms with E-state index in [0.29, 0.717) is 5.16 Å². The first kappa shape index (κ1) is 23.6. The average Bonchev–Trinajstić information content (AvgIpc) is 3.72. The van der Waals surface area contributed by atoms with Gasteiger partial charge in [0.1, 0.15) is 22.4 Å². The first-order chi connectivity index (χ1) is 18.7. The van der Waals surface area contributed by atoms with Crippen molar-refractivity contribution in [2.24, 2.45) is 0 Å². The van der Waals surface area contributed by atoms with E-state index in [2.05, 4.69) is 10.4 Å². The van der Waals surface area contributed by atoms with Gasteiger partial charge < -0.3 is 13.8 Å². The van der Waals surface area contributed by atoms with Crippen molar-refractivity contribution in [2.45, 2.75) is 56.1 Å². The Morgan fingerprint density at radius 1 is 1.13 bits per heavy atom. The molecule has 3 aliphatic rings. The van der Waals surface area contributed by atoms with E-state index in [1.165, 1.54) is 16.6 Å². The third-order valence-electron chi connectivity index (χ3n) is 7.43. The molecule has 2 aliphatic carbocycles. The maximum absolute atomic E-state index is 13.6. The lowest BCUT2D eigenvalue weighted by Gasteiger charge is -2.25. The van der Waals surface area contributed by atoms with Gasteiger partial charge in [0.2, 0.25) is 0 Å². The SMILES string of the molecule is O=C(CSc1nc2sc3c(c2c(=O)[nH]1)CCCC3)N1NC2=C(CCC/C2=C\c2ccco2)[C@@H]1c1ccco1. The number of fused-ring (bicyclic) bond motifs is 3. The molecular weight excluding hydrogens is 520 g/mol. The summed E-state index contributed by atoms with van der Waals surface area (Å²) >= 11 is 2.87. The Morgan fingerprint density at radius 3 is 2.84 bits per heavy atom. The van der Waals surface area contributed by atoms with Crippen molar-refractivity contribution in [1.82, 2.24) is 20.4 Å². The number of aryl methyl sites for hydroxylation is 2. The van der Waals surface area contributed by atoms with Gasteiger partial charge in [-0.25, -0.2) is 9.99 Å². The van der Waals surface area contributed by atoms with E-state index in [1.54, 1.807) is 28.9 Å². The van der Waals surface area contributed by atoms with Crippen LogP contribution in [0.5, 0.6) is 0 Å². The second kappa shape index (κ2) is 9.67. The van der Waals surface area contributed by atoms with Crippen molar-refractivity contribution in [3.63, 3.8) is 0 Å². The van der Waals surface area contributed by atoms with Crippen molar-refractivity contribution in [1.29, 1.82) is 0 Å². The molecule has 0 radical (unpaired) electrons. The number of aromatic nitrogens is 2. The first-order valence-corrected chi connectivity index (χ1v) is 14.7. The fourth-order valence-corrected chi connectivity index (χ4v) is 7.78. The van der Waals surface area contributed by atoms with Gasteiger partial charge in [0.25, 0.3) is 11.5 Å². The molecule has 2 N–H and O–H groups in total. The summed E-state index contributed by atoms with van der Waals surface area (Å²) in [4.78, 5) is 36.2. The van der Waals surface area contributed by atoms with Crippen LogP contribution in [-0.2, 0) is 17.6 Å². The van der Waals surface area contributed by atoms with Gasteiger partial charge in [-0.05, 0) is 92.0 Å². The van der Waals surface area contributed by atoms with Gasteiger partial charge in [-0.2, -0.15) is 0 Å². The normalized spacial score (nSPS) is 20.2. The van der Waals surface area contributed by atoms with Crippen LogP contribution in [-0.4, -0.2) is 26.6 Å². The Labute approximate surface area is 226 Å². The lowest BCUT2D eigenvalue weighted by Crippen LogP contribution is -2.41. The minimum Gasteiger partial charge on any atom is -0.467 e. The van der Waals surface area contributed by atoms with Crippen molar-refractivity contribution >= 4 is 45.3 Å². The highest BCUT2D eigenvalue weighted by Gasteiger charge is 2.40. The minimum absolute atomic E-state index is 0.109. The van der Waals surface area contributed by atoms with Crippen molar-refractivity contribution in [3.8, 4) is 0 Å². The number of carbonyl (C=O) groups excluding carboxylic acids is 1. The molecule has 38 heavy (non-hydrogen) atoms. The van der Waals surface area contributed by atoms with Crippen LogP contribution in [0.1, 0.15) is 60.1 Å². The van der Waals surface area contributed by atoms with Gasteiger partial charge in [0.15, 0.2) is 5.16 Å². The molecule has 1 amide bonds. The zero-order valence-corrected chi connectivity index (χ0v) is 22.3. The van der Waals surface area contributed by atoms with Crippen molar-refractivity contribution in [3.05, 3.63) is 85.9 Å². The number of H-pyrrole nitrogens is 1. The van der Waals surface area contributed by atoms with Crippen LogP contribution in [0.4, 0.5) is 0 Å². The molecule has 0 unspecified atom stereocenters. The molecule has 194 valence electrons. The predicted octanol–water partition coefficient (Wildman–Crippen LogP) is 5.75. The highest BCUT2D eigenvalue weighted by Crippen LogP contribution is 2.44. The van der Waals surface area contributed by atoms with Crippen LogP contribution in [0.15, 0.2) is 72.4 Å². The number of hydrogen-bond acceptors (Lipinski definition) is 8. The van der Waals surface area contributed by atoms with Crippen LogP contribution in [0, 0.1) is 0 Å². The number of hydrazine groups is 1. The van der Waals surface area contributed by atoms with Gasteiger partial charge in [0.05, 0.1) is 29.4 Å². The molecule has 0 fully saturated rings. The second-order valence-electron chi connectivity index (χ2n) is 9.78. The number of aromatic amines is 1. The first-order valence-electron chi connectivity index (χ1n) is 12.9. The number of thioether (sulfide) groups is 1. The van der Waals surface area contributed by atoms with Crippen molar-refractivity contribution < 1.29 is 13.6 Å². The third-order valence-corrected chi connectivity index (χ3v) is 9.48. The highest BCUT2D eigenvalue weighted by molar-refractivity contribution is 7.99. The lowest BCUT2D eigenvalue weighted by atomic mass is 9.88. The maximum atomic E-state index is 13.6. The molecular formula is C28H26N4O4S2. The minimum atomic E-state index is -0.327. The fraction of sp³-hybridized carbons (Fsp3) is 0.321. The summed E-state index contributed by atoms with van der Waals surface area (Å²) in [5, 5.41) is 2.87. The van der Waals surface area contributed by atoms with E-state index in [1.807, 2.05) is 30.3 Å². The Bertz CT molecular complexity index is 1630. The maximum Gasteiger partial charge on any atom is 0.260 e. The number of allylic oxidation sites excluding steroid dienone is 1. The molecule has 1 atom stereocenters. The third kappa shape index (κ3) is 4.12. The molecule has 0 bridgehead atoms. The molecule has 4 aromatic rings. The van der Waals surface area contributed by atoms with Gasteiger partial charge in [-0.15, -0.1) is 11.3 Å². The van der Waals surface area contributed by atoms with Gasteiger partial charge >= 0.3 is 0 Å².